The molecule has 1 heterocycles. The summed E-state index contributed by atoms with van der Waals surface area (Å²) in [6.45, 7) is 3.24. The highest BCUT2D eigenvalue weighted by molar-refractivity contribution is 9.10. The third-order valence-corrected chi connectivity index (χ3v) is 4.52. The van der Waals surface area contributed by atoms with Crippen molar-refractivity contribution in [2.45, 2.75) is 19.4 Å². The molecule has 0 saturated carbocycles. The maximum atomic E-state index is 14.4. The molecule has 1 aliphatic rings. The van der Waals surface area contributed by atoms with Gasteiger partial charge < -0.3 is 15.7 Å². The number of aliphatic hydroxyl groups excluding tert-OH is 1. The lowest BCUT2D eigenvalue weighted by Gasteiger charge is -2.36. The van der Waals surface area contributed by atoms with Crippen molar-refractivity contribution in [2.24, 2.45) is 11.7 Å². The highest BCUT2D eigenvalue weighted by atomic mass is 79.9. The molecule has 0 radical (unpaired) electrons. The molecule has 1 aromatic rings. The van der Waals surface area contributed by atoms with Crippen molar-refractivity contribution in [3.8, 4) is 0 Å². The van der Waals surface area contributed by atoms with Crippen molar-refractivity contribution < 1.29 is 9.50 Å². The Labute approximate surface area is 125 Å². The molecule has 2 unspecified atom stereocenters. The van der Waals surface area contributed by atoms with Crippen LogP contribution in [-0.4, -0.2) is 29.3 Å². The average Bonchev–Trinajstić information content (AvgIpc) is 2.36. The Balaban J connectivity index is 2.31. The Hall–Kier alpha value is -0.720. The molecule has 104 valence electrons. The molecule has 1 fully saturated rings. The van der Waals surface area contributed by atoms with Crippen molar-refractivity contribution >= 4 is 38.8 Å². The zero-order valence-electron chi connectivity index (χ0n) is 10.6. The highest BCUT2D eigenvalue weighted by Crippen LogP contribution is 2.32. The topological polar surface area (TPSA) is 49.5 Å². The van der Waals surface area contributed by atoms with Gasteiger partial charge in [-0.1, -0.05) is 19.1 Å². The van der Waals surface area contributed by atoms with Crippen molar-refractivity contribution in [1.29, 1.82) is 0 Å². The van der Waals surface area contributed by atoms with Crippen LogP contribution >= 0.6 is 28.1 Å². The van der Waals surface area contributed by atoms with Gasteiger partial charge in [0.1, 0.15) is 4.99 Å². The predicted octanol–water partition coefficient (Wildman–Crippen LogP) is 2.43. The summed E-state index contributed by atoms with van der Waals surface area (Å²) in [5.74, 6) is -0.226. The fraction of sp³-hybridized carbons (Fsp3) is 0.462. The first kappa shape index (κ1) is 14.7. The Morgan fingerprint density at radius 2 is 2.26 bits per heavy atom. The fourth-order valence-electron chi connectivity index (χ4n) is 2.33. The van der Waals surface area contributed by atoms with Gasteiger partial charge in [-0.25, -0.2) is 4.39 Å². The number of thiocarbonyl (C=S) groups is 1. The van der Waals surface area contributed by atoms with Crippen LogP contribution in [0.15, 0.2) is 16.6 Å². The summed E-state index contributed by atoms with van der Waals surface area (Å²) >= 11 is 8.08. The maximum Gasteiger partial charge on any atom is 0.161 e. The molecule has 0 amide bonds. The van der Waals surface area contributed by atoms with E-state index in [1.165, 1.54) is 0 Å². The number of halogens is 2. The highest BCUT2D eigenvalue weighted by Gasteiger charge is 2.26. The lowest BCUT2D eigenvalue weighted by atomic mass is 9.96. The number of piperidine rings is 1. The molecule has 1 aromatic carbocycles. The monoisotopic (exact) mass is 346 g/mol. The molecule has 1 aliphatic heterocycles. The number of hydrogen-bond donors (Lipinski definition) is 2. The first-order valence-electron chi connectivity index (χ1n) is 6.12. The molecular formula is C13H16BrFN2OS. The molecule has 0 aliphatic carbocycles. The first-order chi connectivity index (χ1) is 8.91. The van der Waals surface area contributed by atoms with Crippen molar-refractivity contribution in [2.75, 3.05) is 18.0 Å². The van der Waals surface area contributed by atoms with Gasteiger partial charge in [-0.15, -0.1) is 0 Å². The van der Waals surface area contributed by atoms with E-state index in [0.29, 0.717) is 35.2 Å². The largest absolute Gasteiger partial charge is 0.393 e. The van der Waals surface area contributed by atoms with Crippen molar-refractivity contribution in [1.82, 2.24) is 0 Å². The zero-order chi connectivity index (χ0) is 14.2. The summed E-state index contributed by atoms with van der Waals surface area (Å²) in [4.78, 5) is 2.11. The van der Waals surface area contributed by atoms with Gasteiger partial charge in [0.25, 0.3) is 0 Å². The van der Waals surface area contributed by atoms with Crippen LogP contribution in [0.25, 0.3) is 0 Å². The standard InChI is InChI=1S/C13H16BrFN2OS/c1-7-6-17(5-4-10(7)18)9-3-2-8(13(16)19)11(14)12(9)15/h2-3,7,10,18H,4-6H2,1H3,(H2,16,19). The number of nitrogens with zero attached hydrogens (tertiary/aromatic N) is 1. The van der Waals surface area contributed by atoms with Gasteiger partial charge in [0.2, 0.25) is 0 Å². The van der Waals surface area contributed by atoms with Crippen LogP contribution in [0.4, 0.5) is 10.1 Å². The second kappa shape index (κ2) is 5.73. The number of hydrogen-bond acceptors (Lipinski definition) is 3. The zero-order valence-corrected chi connectivity index (χ0v) is 13.0. The fourth-order valence-corrected chi connectivity index (χ4v) is 3.18. The van der Waals surface area contributed by atoms with Crippen LogP contribution in [0.2, 0.25) is 0 Å². The van der Waals surface area contributed by atoms with E-state index in [-0.39, 0.29) is 22.8 Å². The molecule has 0 spiro atoms. The molecule has 0 bridgehead atoms. The first-order valence-corrected chi connectivity index (χ1v) is 7.32. The smallest absolute Gasteiger partial charge is 0.161 e. The number of rotatable bonds is 2. The lowest BCUT2D eigenvalue weighted by Crippen LogP contribution is -2.42. The Kier molecular flexibility index (Phi) is 4.43. The summed E-state index contributed by atoms with van der Waals surface area (Å²) in [6, 6.07) is 3.42. The minimum absolute atomic E-state index is 0.127. The van der Waals surface area contributed by atoms with Gasteiger partial charge in [0.05, 0.1) is 16.3 Å². The molecule has 3 N–H and O–H groups in total. The number of anilines is 1. The Morgan fingerprint density at radius 3 is 2.84 bits per heavy atom. The van der Waals surface area contributed by atoms with Crippen molar-refractivity contribution in [3.05, 3.63) is 28.0 Å². The second-order valence-corrected chi connectivity index (χ2v) is 6.14. The molecule has 3 nitrogen and oxygen atoms in total. The number of aliphatic hydroxyl groups is 1. The Bertz CT molecular complexity index is 512. The van der Waals surface area contributed by atoms with E-state index in [1.807, 2.05) is 11.8 Å². The minimum Gasteiger partial charge on any atom is -0.393 e. The van der Waals surface area contributed by atoms with Crippen LogP contribution < -0.4 is 10.6 Å². The van der Waals surface area contributed by atoms with E-state index in [1.54, 1.807) is 12.1 Å². The van der Waals surface area contributed by atoms with E-state index in [4.69, 9.17) is 18.0 Å². The van der Waals surface area contributed by atoms with E-state index >= 15 is 0 Å². The quantitative estimate of drug-likeness (QED) is 0.807. The summed E-state index contributed by atoms with van der Waals surface area (Å²) < 4.78 is 14.7. The van der Waals surface area contributed by atoms with Crippen LogP contribution in [0, 0.1) is 11.7 Å². The maximum absolute atomic E-state index is 14.4. The summed E-state index contributed by atoms with van der Waals surface area (Å²) in [5.41, 5.74) is 6.56. The van der Waals surface area contributed by atoms with Gasteiger partial charge in [-0.05, 0) is 40.4 Å². The van der Waals surface area contributed by atoms with Gasteiger partial charge in [-0.2, -0.15) is 0 Å². The van der Waals surface area contributed by atoms with E-state index in [0.717, 1.165) is 0 Å². The molecule has 1 saturated heterocycles. The SMILES string of the molecule is CC1CN(c2ccc(C(N)=S)c(Br)c2F)CCC1O. The van der Waals surface area contributed by atoms with E-state index in [2.05, 4.69) is 15.9 Å². The van der Waals surface area contributed by atoms with Crippen LogP contribution in [0.3, 0.4) is 0 Å². The van der Waals surface area contributed by atoms with Gasteiger partial charge in [0.15, 0.2) is 5.82 Å². The van der Waals surface area contributed by atoms with Crippen LogP contribution in [0.5, 0.6) is 0 Å². The summed E-state index contributed by atoms with van der Waals surface area (Å²) in [5, 5.41) is 9.72. The van der Waals surface area contributed by atoms with Gasteiger partial charge >= 0.3 is 0 Å². The van der Waals surface area contributed by atoms with Gasteiger partial charge in [0, 0.05) is 18.7 Å². The number of benzene rings is 1. The third-order valence-electron chi connectivity index (χ3n) is 3.53. The molecular weight excluding hydrogens is 331 g/mol. The Morgan fingerprint density at radius 1 is 1.58 bits per heavy atom. The molecule has 19 heavy (non-hydrogen) atoms. The minimum atomic E-state index is -0.353. The third kappa shape index (κ3) is 2.90. The number of nitrogens with two attached hydrogens (primary N) is 1. The van der Waals surface area contributed by atoms with Crippen molar-refractivity contribution in [3.63, 3.8) is 0 Å². The molecule has 0 aromatic heterocycles. The van der Waals surface area contributed by atoms with Crippen LogP contribution in [0.1, 0.15) is 18.9 Å². The molecule has 2 rings (SSSR count). The summed E-state index contributed by atoms with van der Waals surface area (Å²) in [6.07, 6.45) is 0.341. The van der Waals surface area contributed by atoms with E-state index < -0.39 is 0 Å². The summed E-state index contributed by atoms with van der Waals surface area (Å²) in [7, 11) is 0. The molecule has 6 heteroatoms. The van der Waals surface area contributed by atoms with Gasteiger partial charge in [-0.3, -0.25) is 0 Å². The predicted molar refractivity (Wildman–Crippen MR) is 82.0 cm³/mol. The van der Waals surface area contributed by atoms with E-state index in [9.17, 15) is 9.50 Å². The lowest BCUT2D eigenvalue weighted by molar-refractivity contribution is 0.0969. The average molecular weight is 347 g/mol. The van der Waals surface area contributed by atoms with Crippen LogP contribution in [-0.2, 0) is 0 Å². The second-order valence-electron chi connectivity index (χ2n) is 4.90. The molecule has 2 atom stereocenters. The normalized spacial score (nSPS) is 23.5.